The minimum Gasteiger partial charge on any atom is -0.444 e. The predicted molar refractivity (Wildman–Crippen MR) is 127 cm³/mol. The highest BCUT2D eigenvalue weighted by Gasteiger charge is 2.42. The maximum atomic E-state index is 12.8. The first-order valence-electron chi connectivity index (χ1n) is 12.6. The fourth-order valence-corrected chi connectivity index (χ4v) is 5.97. The van der Waals surface area contributed by atoms with Gasteiger partial charge in [-0.15, -0.1) is 0 Å². The summed E-state index contributed by atoms with van der Waals surface area (Å²) in [6, 6.07) is 1.56. The Kier molecular flexibility index (Phi) is 7.97. The number of hydrogen-bond donors (Lipinski definition) is 1. The Hall–Kier alpha value is -0.850. The molecular formula is C25H48N4O2. The van der Waals surface area contributed by atoms with Crippen LogP contribution in [0.1, 0.15) is 79.6 Å². The third-order valence-corrected chi connectivity index (χ3v) is 7.84. The number of nitrogens with one attached hydrogen (secondary N) is 1. The second-order valence-electron chi connectivity index (χ2n) is 12.0. The van der Waals surface area contributed by atoms with Crippen LogP contribution in [0.3, 0.4) is 0 Å². The van der Waals surface area contributed by atoms with Crippen molar-refractivity contribution in [3.8, 4) is 0 Å². The number of carbonyl (C=O) groups excluding carboxylic acids is 1. The van der Waals surface area contributed by atoms with Crippen LogP contribution in [0.2, 0.25) is 0 Å². The van der Waals surface area contributed by atoms with Gasteiger partial charge in [-0.3, -0.25) is 4.90 Å². The first-order chi connectivity index (χ1) is 14.5. The molecule has 6 nitrogen and oxygen atoms in total. The summed E-state index contributed by atoms with van der Waals surface area (Å²) >= 11 is 0. The minimum atomic E-state index is -0.429. The van der Waals surface area contributed by atoms with Gasteiger partial charge in [0.05, 0.1) is 0 Å². The van der Waals surface area contributed by atoms with Crippen molar-refractivity contribution in [3.63, 3.8) is 0 Å². The Bertz CT molecular complexity index is 593. The Labute approximate surface area is 191 Å². The molecule has 31 heavy (non-hydrogen) atoms. The van der Waals surface area contributed by atoms with Crippen LogP contribution in [0.5, 0.6) is 0 Å². The molecule has 0 radical (unpaired) electrons. The second kappa shape index (κ2) is 9.96. The van der Waals surface area contributed by atoms with Gasteiger partial charge in [0.15, 0.2) is 0 Å². The van der Waals surface area contributed by atoms with E-state index in [9.17, 15) is 4.79 Å². The standard InChI is InChI=1S/C25H48N4O2/c1-24(2,3)31-23(30)29-15-9-12-22(29)20-10-8-11-21(20)26-18-25(4,5)28-16-13-19(14-17-28)27(6)7/h19-22,26H,8-18H2,1-7H3/t20-,21+,22+/m0/s1. The number of hydrogen-bond acceptors (Lipinski definition) is 5. The molecule has 0 bridgehead atoms. The highest BCUT2D eigenvalue weighted by molar-refractivity contribution is 5.69. The molecule has 3 aliphatic rings. The average Bonchev–Trinajstić information content (AvgIpc) is 3.34. The third kappa shape index (κ3) is 6.35. The van der Waals surface area contributed by atoms with E-state index in [1.807, 2.05) is 25.7 Å². The van der Waals surface area contributed by atoms with E-state index in [2.05, 4.69) is 43.1 Å². The summed E-state index contributed by atoms with van der Waals surface area (Å²) in [5, 5.41) is 3.96. The maximum absolute atomic E-state index is 12.8. The SMILES string of the molecule is CN(C)C1CCN(C(C)(C)CN[C@@H]2CCC[C@@H]2[C@H]2CCCN2C(=O)OC(C)(C)C)CC1. The van der Waals surface area contributed by atoms with Crippen molar-refractivity contribution >= 4 is 6.09 Å². The number of amides is 1. The van der Waals surface area contributed by atoms with Crippen LogP contribution in [0.25, 0.3) is 0 Å². The van der Waals surface area contributed by atoms with Gasteiger partial charge in [-0.2, -0.15) is 0 Å². The van der Waals surface area contributed by atoms with Gasteiger partial charge in [-0.05, 0) is 93.2 Å². The quantitative estimate of drug-likeness (QED) is 0.683. The molecule has 3 atom stereocenters. The largest absolute Gasteiger partial charge is 0.444 e. The van der Waals surface area contributed by atoms with Crippen molar-refractivity contribution in [2.45, 2.75) is 109 Å². The number of piperidine rings is 1. The molecule has 2 heterocycles. The predicted octanol–water partition coefficient (Wildman–Crippen LogP) is 3.95. The van der Waals surface area contributed by atoms with E-state index in [1.54, 1.807) is 0 Å². The molecule has 0 spiro atoms. The van der Waals surface area contributed by atoms with Crippen LogP contribution >= 0.6 is 0 Å². The third-order valence-electron chi connectivity index (χ3n) is 7.84. The topological polar surface area (TPSA) is 48.0 Å². The van der Waals surface area contributed by atoms with E-state index in [-0.39, 0.29) is 11.6 Å². The fraction of sp³-hybridized carbons (Fsp3) is 0.960. The minimum absolute atomic E-state index is 0.121. The molecule has 3 fully saturated rings. The van der Waals surface area contributed by atoms with E-state index >= 15 is 0 Å². The molecule has 2 saturated heterocycles. The molecule has 0 aromatic rings. The lowest BCUT2D eigenvalue weighted by molar-refractivity contribution is 0.0159. The van der Waals surface area contributed by atoms with Gasteiger partial charge in [0.25, 0.3) is 0 Å². The first kappa shape index (κ1) is 24.8. The number of likely N-dealkylation sites (tertiary alicyclic amines) is 2. The first-order valence-corrected chi connectivity index (χ1v) is 12.6. The number of carbonyl (C=O) groups is 1. The summed E-state index contributed by atoms with van der Waals surface area (Å²) in [5.74, 6) is 0.547. The fourth-order valence-electron chi connectivity index (χ4n) is 5.97. The van der Waals surface area contributed by atoms with E-state index in [0.29, 0.717) is 18.0 Å². The summed E-state index contributed by atoms with van der Waals surface area (Å²) in [6.45, 7) is 14.9. The van der Waals surface area contributed by atoms with Crippen molar-refractivity contribution in [1.82, 2.24) is 20.0 Å². The molecule has 0 aromatic carbocycles. The molecule has 6 heteroatoms. The molecule has 0 unspecified atom stereocenters. The van der Waals surface area contributed by atoms with Gasteiger partial charge in [0, 0.05) is 49.8 Å². The number of nitrogens with zero attached hydrogens (tertiary/aromatic N) is 3. The van der Waals surface area contributed by atoms with E-state index < -0.39 is 5.60 Å². The molecule has 1 N–H and O–H groups in total. The zero-order valence-electron chi connectivity index (χ0n) is 21.2. The zero-order valence-corrected chi connectivity index (χ0v) is 21.2. The average molecular weight is 437 g/mol. The van der Waals surface area contributed by atoms with E-state index in [4.69, 9.17) is 4.74 Å². The smallest absolute Gasteiger partial charge is 0.410 e. The van der Waals surface area contributed by atoms with Gasteiger partial charge >= 0.3 is 6.09 Å². The summed E-state index contributed by atoms with van der Waals surface area (Å²) in [6.07, 6.45) is 8.31. The zero-order chi connectivity index (χ0) is 22.8. The van der Waals surface area contributed by atoms with Crippen LogP contribution in [-0.4, -0.2) is 90.3 Å². The molecule has 1 saturated carbocycles. The molecule has 3 rings (SSSR count). The van der Waals surface area contributed by atoms with Crippen LogP contribution in [0.4, 0.5) is 4.79 Å². The van der Waals surface area contributed by atoms with Gasteiger partial charge in [0.1, 0.15) is 5.60 Å². The van der Waals surface area contributed by atoms with Crippen molar-refractivity contribution in [1.29, 1.82) is 0 Å². The van der Waals surface area contributed by atoms with E-state index in [1.165, 1.54) is 45.2 Å². The van der Waals surface area contributed by atoms with Crippen LogP contribution in [0, 0.1) is 5.92 Å². The summed E-state index contributed by atoms with van der Waals surface area (Å²) < 4.78 is 5.72. The lowest BCUT2D eigenvalue weighted by Crippen LogP contribution is -2.57. The number of ether oxygens (including phenoxy) is 1. The lowest BCUT2D eigenvalue weighted by atomic mass is 9.91. The molecule has 2 aliphatic heterocycles. The molecule has 180 valence electrons. The van der Waals surface area contributed by atoms with Crippen molar-refractivity contribution in [3.05, 3.63) is 0 Å². The molecule has 1 aliphatic carbocycles. The van der Waals surface area contributed by atoms with E-state index in [0.717, 1.165) is 32.0 Å². The van der Waals surface area contributed by atoms with Gasteiger partial charge in [-0.1, -0.05) is 6.42 Å². The Morgan fingerprint density at radius 2 is 1.65 bits per heavy atom. The van der Waals surface area contributed by atoms with Crippen molar-refractivity contribution < 1.29 is 9.53 Å². The molecule has 1 amide bonds. The summed E-state index contributed by atoms with van der Waals surface area (Å²) in [4.78, 5) is 19.9. The van der Waals surface area contributed by atoms with Gasteiger partial charge < -0.3 is 19.9 Å². The Morgan fingerprint density at radius 3 is 2.26 bits per heavy atom. The van der Waals surface area contributed by atoms with Crippen molar-refractivity contribution in [2.24, 2.45) is 5.92 Å². The van der Waals surface area contributed by atoms with Gasteiger partial charge in [-0.25, -0.2) is 4.79 Å². The summed E-state index contributed by atoms with van der Waals surface area (Å²) in [5.41, 5.74) is -0.271. The normalized spacial score (nSPS) is 29.2. The Balaban J connectivity index is 1.55. The van der Waals surface area contributed by atoms with Crippen LogP contribution in [0.15, 0.2) is 0 Å². The lowest BCUT2D eigenvalue weighted by Gasteiger charge is -2.45. The maximum Gasteiger partial charge on any atom is 0.410 e. The van der Waals surface area contributed by atoms with Crippen LogP contribution in [-0.2, 0) is 4.74 Å². The summed E-state index contributed by atoms with van der Waals surface area (Å²) in [7, 11) is 4.41. The van der Waals surface area contributed by atoms with Gasteiger partial charge in [0.2, 0.25) is 0 Å². The monoisotopic (exact) mass is 436 g/mol. The van der Waals surface area contributed by atoms with Crippen molar-refractivity contribution in [2.75, 3.05) is 40.3 Å². The second-order valence-corrected chi connectivity index (χ2v) is 12.0. The van der Waals surface area contributed by atoms with Crippen LogP contribution < -0.4 is 5.32 Å². The highest BCUT2D eigenvalue weighted by Crippen LogP contribution is 2.37. The Morgan fingerprint density at radius 1 is 0.968 bits per heavy atom. The number of rotatable bonds is 6. The highest BCUT2D eigenvalue weighted by atomic mass is 16.6. The molecule has 0 aromatic heterocycles. The molecular weight excluding hydrogens is 388 g/mol.